The van der Waals surface area contributed by atoms with E-state index < -0.39 is 21.7 Å². The van der Waals surface area contributed by atoms with E-state index in [2.05, 4.69) is 16.1 Å². The van der Waals surface area contributed by atoms with Gasteiger partial charge in [-0.25, -0.2) is 0 Å². The number of hydrogen-bond acceptors (Lipinski definition) is 4. The highest BCUT2D eigenvalue weighted by atomic mass is 32.2. The largest absolute Gasteiger partial charge is 0.325 e. The van der Waals surface area contributed by atoms with Gasteiger partial charge in [-0.15, -0.1) is 0 Å². The molecule has 1 aromatic rings. The van der Waals surface area contributed by atoms with Gasteiger partial charge in [-0.3, -0.25) is 4.79 Å². The summed E-state index contributed by atoms with van der Waals surface area (Å²) in [5.41, 5.74) is 0.493. The number of fused-ring (bicyclic) bond motifs is 2. The van der Waals surface area contributed by atoms with Gasteiger partial charge < -0.3 is 5.32 Å². The van der Waals surface area contributed by atoms with Crippen molar-refractivity contribution in [1.82, 2.24) is 9.03 Å². The molecule has 0 radical (unpaired) electrons. The zero-order valence-electron chi connectivity index (χ0n) is 13.0. The van der Waals surface area contributed by atoms with E-state index in [-0.39, 0.29) is 24.9 Å². The van der Waals surface area contributed by atoms with Gasteiger partial charge >= 0.3 is 0 Å². The van der Waals surface area contributed by atoms with Gasteiger partial charge in [0.1, 0.15) is 6.04 Å². The molecule has 1 saturated heterocycles. The van der Waals surface area contributed by atoms with E-state index in [0.717, 1.165) is 29.1 Å². The molecule has 2 fully saturated rings. The molecule has 4 rings (SSSR count). The number of rotatable bonds is 3. The summed E-state index contributed by atoms with van der Waals surface area (Å²) in [6, 6.07) is 8.43. The molecular formula is C16H18N4O3S. The summed E-state index contributed by atoms with van der Waals surface area (Å²) >= 11 is 0. The average Bonchev–Trinajstić information content (AvgIpc) is 3.05. The predicted octanol–water partition coefficient (Wildman–Crippen LogP) is 0.861. The molecule has 0 aromatic heterocycles. The van der Waals surface area contributed by atoms with Gasteiger partial charge in [0.2, 0.25) is 5.91 Å². The quantitative estimate of drug-likeness (QED) is 0.847. The second-order valence-electron chi connectivity index (χ2n) is 6.73. The molecular weight excluding hydrogens is 328 g/mol. The fraction of sp³-hybridized carbons (Fsp3) is 0.500. The molecule has 1 aliphatic carbocycles. The molecule has 2 N–H and O–H groups in total. The van der Waals surface area contributed by atoms with Crippen LogP contribution in [0.2, 0.25) is 0 Å². The van der Waals surface area contributed by atoms with Crippen molar-refractivity contribution in [2.75, 3.05) is 11.9 Å². The Kier molecular flexibility index (Phi) is 3.42. The number of carbonyl (C=O) groups is 1. The van der Waals surface area contributed by atoms with Gasteiger partial charge in [-0.1, -0.05) is 24.6 Å². The van der Waals surface area contributed by atoms with Crippen LogP contribution in [0.1, 0.15) is 31.2 Å². The number of benzene rings is 1. The minimum Gasteiger partial charge on any atom is -0.325 e. The summed E-state index contributed by atoms with van der Waals surface area (Å²) in [6.07, 6.45) is 2.82. The Morgan fingerprint density at radius 1 is 1.33 bits per heavy atom. The van der Waals surface area contributed by atoms with Crippen molar-refractivity contribution in [3.8, 4) is 6.07 Å². The number of anilines is 1. The number of para-hydroxylation sites is 1. The van der Waals surface area contributed by atoms with Crippen molar-refractivity contribution in [3.05, 3.63) is 29.8 Å². The van der Waals surface area contributed by atoms with Gasteiger partial charge in [0.25, 0.3) is 10.2 Å². The van der Waals surface area contributed by atoms with E-state index >= 15 is 0 Å². The van der Waals surface area contributed by atoms with Crippen molar-refractivity contribution in [1.29, 1.82) is 5.26 Å². The lowest BCUT2D eigenvalue weighted by Gasteiger charge is -2.29. The van der Waals surface area contributed by atoms with E-state index in [1.54, 1.807) is 6.07 Å². The van der Waals surface area contributed by atoms with Crippen molar-refractivity contribution < 1.29 is 13.2 Å². The molecule has 2 heterocycles. The fourth-order valence-corrected chi connectivity index (χ4v) is 5.41. The molecule has 0 unspecified atom stereocenters. The van der Waals surface area contributed by atoms with Gasteiger partial charge in [0.05, 0.1) is 11.5 Å². The lowest BCUT2D eigenvalue weighted by atomic mass is 9.80. The first-order valence-corrected chi connectivity index (χ1v) is 9.50. The maximum Gasteiger partial charge on any atom is 0.280 e. The maximum absolute atomic E-state index is 12.7. The molecule has 1 aromatic carbocycles. The SMILES string of the molecule is N#C[C@@H]1C[C@@]2(CN1S(=O)(=O)NC1CCC1)C(=O)Nc1ccccc12. The zero-order valence-corrected chi connectivity index (χ0v) is 13.8. The van der Waals surface area contributed by atoms with Crippen LogP contribution in [0.15, 0.2) is 24.3 Å². The first kappa shape index (κ1) is 15.6. The van der Waals surface area contributed by atoms with Gasteiger partial charge in [-0.2, -0.15) is 22.7 Å². The van der Waals surface area contributed by atoms with E-state index in [9.17, 15) is 18.5 Å². The number of nitrogens with one attached hydrogen (secondary N) is 2. The Morgan fingerprint density at radius 2 is 2.08 bits per heavy atom. The standard InChI is InChI=1S/C16H18N4O3S/c17-9-12-8-16(13-6-1-2-7-14(13)18-15(16)21)10-20(12)24(22,23)19-11-4-3-5-11/h1-2,6-7,11-12,19H,3-5,8,10H2,(H,18,21)/t12-,16-/m0/s1. The minimum atomic E-state index is -3.79. The van der Waals surface area contributed by atoms with Gasteiger partial charge in [0, 0.05) is 18.3 Å². The lowest BCUT2D eigenvalue weighted by molar-refractivity contribution is -0.120. The Labute approximate surface area is 140 Å². The van der Waals surface area contributed by atoms with Gasteiger partial charge in [0.15, 0.2) is 0 Å². The molecule has 0 bridgehead atoms. The lowest BCUT2D eigenvalue weighted by Crippen LogP contribution is -2.50. The highest BCUT2D eigenvalue weighted by Gasteiger charge is 2.57. The number of hydrogen-bond donors (Lipinski definition) is 2. The molecule has 24 heavy (non-hydrogen) atoms. The Bertz CT molecular complexity index is 843. The highest BCUT2D eigenvalue weighted by molar-refractivity contribution is 7.87. The first-order chi connectivity index (χ1) is 11.5. The summed E-state index contributed by atoms with van der Waals surface area (Å²) in [6.45, 7) is -0.00384. The number of carbonyl (C=O) groups excluding carboxylic acids is 1. The Balaban J connectivity index is 1.70. The van der Waals surface area contributed by atoms with Crippen LogP contribution >= 0.6 is 0 Å². The van der Waals surface area contributed by atoms with Crippen LogP contribution in [0, 0.1) is 11.3 Å². The third-order valence-corrected chi connectivity index (χ3v) is 6.95. The monoisotopic (exact) mass is 346 g/mol. The number of nitrogens with zero attached hydrogens (tertiary/aromatic N) is 2. The number of nitriles is 1. The molecule has 1 saturated carbocycles. The molecule has 126 valence electrons. The zero-order chi connectivity index (χ0) is 16.9. The van der Waals surface area contributed by atoms with Crippen molar-refractivity contribution in [2.24, 2.45) is 0 Å². The van der Waals surface area contributed by atoms with Crippen LogP contribution in [-0.4, -0.2) is 37.3 Å². The third-order valence-electron chi connectivity index (χ3n) is 5.32. The van der Waals surface area contributed by atoms with Crippen LogP contribution < -0.4 is 10.0 Å². The molecule has 1 spiro atoms. The normalized spacial score (nSPS) is 30.0. The van der Waals surface area contributed by atoms with Crippen molar-refractivity contribution in [2.45, 2.75) is 43.2 Å². The molecule has 2 atom stereocenters. The fourth-order valence-electron chi connectivity index (χ4n) is 3.77. The molecule has 8 heteroatoms. The summed E-state index contributed by atoms with van der Waals surface area (Å²) in [5, 5.41) is 12.3. The smallest absolute Gasteiger partial charge is 0.280 e. The molecule has 7 nitrogen and oxygen atoms in total. The van der Waals surface area contributed by atoms with Crippen molar-refractivity contribution in [3.63, 3.8) is 0 Å². The van der Waals surface area contributed by atoms with Crippen LogP contribution in [0.4, 0.5) is 5.69 Å². The van der Waals surface area contributed by atoms with Gasteiger partial charge in [-0.05, 0) is 30.9 Å². The molecule has 2 aliphatic heterocycles. The van der Waals surface area contributed by atoms with E-state index in [0.29, 0.717) is 5.69 Å². The summed E-state index contributed by atoms with van der Waals surface area (Å²) < 4.78 is 29.2. The van der Waals surface area contributed by atoms with Crippen LogP contribution in [0.5, 0.6) is 0 Å². The minimum absolute atomic E-state index is 0.00384. The predicted molar refractivity (Wildman–Crippen MR) is 87.2 cm³/mol. The van der Waals surface area contributed by atoms with E-state index in [1.165, 1.54) is 0 Å². The summed E-state index contributed by atoms with van der Waals surface area (Å²) in [5.74, 6) is -0.231. The summed E-state index contributed by atoms with van der Waals surface area (Å²) in [7, 11) is -3.79. The molecule has 1 amide bonds. The van der Waals surface area contributed by atoms with Crippen LogP contribution in [0.3, 0.4) is 0 Å². The first-order valence-electron chi connectivity index (χ1n) is 8.06. The highest BCUT2D eigenvalue weighted by Crippen LogP contribution is 2.46. The van der Waals surface area contributed by atoms with E-state index in [1.807, 2.05) is 18.2 Å². The Hall–Kier alpha value is -1.95. The third kappa shape index (κ3) is 2.16. The second kappa shape index (κ2) is 5.28. The second-order valence-corrected chi connectivity index (χ2v) is 8.38. The van der Waals surface area contributed by atoms with Crippen LogP contribution in [0.25, 0.3) is 0 Å². The summed E-state index contributed by atoms with van der Waals surface area (Å²) in [4.78, 5) is 12.6. The van der Waals surface area contributed by atoms with Crippen molar-refractivity contribution >= 4 is 21.8 Å². The maximum atomic E-state index is 12.7. The topological polar surface area (TPSA) is 102 Å². The molecule has 3 aliphatic rings. The van der Waals surface area contributed by atoms with Crippen LogP contribution in [-0.2, 0) is 20.4 Å². The number of amides is 1. The average molecular weight is 346 g/mol. The van der Waals surface area contributed by atoms with E-state index in [4.69, 9.17) is 0 Å². The Morgan fingerprint density at radius 3 is 2.75 bits per heavy atom.